The van der Waals surface area contributed by atoms with Crippen LogP contribution in [0.1, 0.15) is 24.6 Å². The second-order valence-electron chi connectivity index (χ2n) is 4.95. The predicted octanol–water partition coefficient (Wildman–Crippen LogP) is 2.51. The molecule has 0 radical (unpaired) electrons. The van der Waals surface area contributed by atoms with Gasteiger partial charge in [-0.1, -0.05) is 36.4 Å². The summed E-state index contributed by atoms with van der Waals surface area (Å²) in [7, 11) is 0. The first-order valence-electron chi connectivity index (χ1n) is 6.41. The number of nitrogens with zero attached hydrogens (tertiary/aromatic N) is 1. The van der Waals surface area contributed by atoms with E-state index in [2.05, 4.69) is 6.58 Å². The molecule has 0 aliphatic carbocycles. The Kier molecular flexibility index (Phi) is 2.92. The minimum Gasteiger partial charge on any atom is -0.352 e. The van der Waals surface area contributed by atoms with Crippen molar-refractivity contribution in [3.8, 4) is 0 Å². The van der Waals surface area contributed by atoms with Gasteiger partial charge in [0, 0.05) is 11.5 Å². The van der Waals surface area contributed by atoms with Crippen molar-refractivity contribution >= 4 is 5.91 Å². The van der Waals surface area contributed by atoms with E-state index in [1.165, 1.54) is 0 Å². The van der Waals surface area contributed by atoms with Crippen molar-refractivity contribution < 1.29 is 9.53 Å². The zero-order valence-electron chi connectivity index (χ0n) is 10.3. The van der Waals surface area contributed by atoms with E-state index in [1.54, 1.807) is 0 Å². The highest BCUT2D eigenvalue weighted by Gasteiger charge is 2.47. The monoisotopic (exact) mass is 243 g/mol. The van der Waals surface area contributed by atoms with Crippen LogP contribution in [0.4, 0.5) is 0 Å². The number of rotatable bonds is 3. The zero-order chi connectivity index (χ0) is 12.5. The summed E-state index contributed by atoms with van der Waals surface area (Å²) < 4.78 is 5.78. The Morgan fingerprint density at radius 1 is 1.39 bits per heavy atom. The molecule has 2 aliphatic heterocycles. The van der Waals surface area contributed by atoms with E-state index >= 15 is 0 Å². The minimum absolute atomic E-state index is 0.0996. The Morgan fingerprint density at radius 3 is 2.89 bits per heavy atom. The third kappa shape index (κ3) is 1.75. The number of carbonyl (C=O) groups is 1. The summed E-state index contributed by atoms with van der Waals surface area (Å²) in [6.07, 6.45) is 3.31. The Balaban J connectivity index is 1.84. The van der Waals surface area contributed by atoms with Crippen LogP contribution < -0.4 is 0 Å². The lowest BCUT2D eigenvalue weighted by molar-refractivity contribution is -0.137. The molecule has 1 aromatic rings. The number of ether oxygens (including phenoxy) is 1. The van der Waals surface area contributed by atoms with E-state index in [0.29, 0.717) is 6.61 Å². The normalized spacial score (nSPS) is 30.6. The molecule has 18 heavy (non-hydrogen) atoms. The molecule has 0 saturated carbocycles. The van der Waals surface area contributed by atoms with E-state index in [0.717, 1.165) is 18.4 Å². The molecular weight excluding hydrogens is 226 g/mol. The predicted molar refractivity (Wildman–Crippen MR) is 68.7 cm³/mol. The van der Waals surface area contributed by atoms with Crippen LogP contribution in [0.25, 0.3) is 0 Å². The molecule has 3 heteroatoms. The van der Waals surface area contributed by atoms with Crippen LogP contribution in [0.2, 0.25) is 0 Å². The SMILES string of the molecule is C=CC[C@H]1CC2COC(c3ccccc3)N2C1=O. The molecule has 3 rings (SSSR count). The Hall–Kier alpha value is -1.61. The maximum Gasteiger partial charge on any atom is 0.228 e. The molecule has 94 valence electrons. The topological polar surface area (TPSA) is 29.5 Å². The fourth-order valence-electron chi connectivity index (χ4n) is 2.94. The summed E-state index contributed by atoms with van der Waals surface area (Å²) >= 11 is 0. The van der Waals surface area contributed by atoms with Gasteiger partial charge in [0.2, 0.25) is 5.91 Å². The molecule has 0 aromatic heterocycles. The van der Waals surface area contributed by atoms with Gasteiger partial charge in [-0.3, -0.25) is 4.79 Å². The van der Waals surface area contributed by atoms with Crippen molar-refractivity contribution in [2.75, 3.05) is 6.61 Å². The largest absolute Gasteiger partial charge is 0.352 e. The summed E-state index contributed by atoms with van der Waals surface area (Å²) in [6.45, 7) is 4.38. The number of benzene rings is 1. The van der Waals surface area contributed by atoms with Gasteiger partial charge < -0.3 is 9.64 Å². The van der Waals surface area contributed by atoms with E-state index in [9.17, 15) is 4.79 Å². The Bertz CT molecular complexity index is 457. The Morgan fingerprint density at radius 2 is 2.17 bits per heavy atom. The molecule has 2 aliphatic rings. The zero-order valence-corrected chi connectivity index (χ0v) is 10.3. The van der Waals surface area contributed by atoms with E-state index in [-0.39, 0.29) is 24.1 Å². The van der Waals surface area contributed by atoms with Gasteiger partial charge in [-0.25, -0.2) is 0 Å². The van der Waals surface area contributed by atoms with Crippen molar-refractivity contribution in [3.05, 3.63) is 48.6 Å². The molecule has 0 N–H and O–H groups in total. The summed E-state index contributed by atoms with van der Waals surface area (Å²) in [6, 6.07) is 10.2. The smallest absolute Gasteiger partial charge is 0.228 e. The van der Waals surface area contributed by atoms with Crippen molar-refractivity contribution in [2.24, 2.45) is 5.92 Å². The highest BCUT2D eigenvalue weighted by molar-refractivity contribution is 5.82. The number of carbonyl (C=O) groups excluding carboxylic acids is 1. The van der Waals surface area contributed by atoms with Crippen LogP contribution in [0.15, 0.2) is 43.0 Å². The van der Waals surface area contributed by atoms with E-state index in [1.807, 2.05) is 41.3 Å². The number of fused-ring (bicyclic) bond motifs is 1. The van der Waals surface area contributed by atoms with Gasteiger partial charge in [0.25, 0.3) is 0 Å². The molecule has 3 nitrogen and oxygen atoms in total. The van der Waals surface area contributed by atoms with Crippen molar-refractivity contribution in [3.63, 3.8) is 0 Å². The van der Waals surface area contributed by atoms with Gasteiger partial charge in [0.1, 0.15) is 0 Å². The third-order valence-corrected chi connectivity index (χ3v) is 3.79. The fraction of sp³-hybridized carbons (Fsp3) is 0.400. The number of hydrogen-bond donors (Lipinski definition) is 0. The molecule has 2 fully saturated rings. The van der Waals surface area contributed by atoms with Crippen LogP contribution in [-0.4, -0.2) is 23.5 Å². The number of amides is 1. The molecule has 2 heterocycles. The summed E-state index contributed by atoms with van der Waals surface area (Å²) in [5, 5.41) is 0. The minimum atomic E-state index is -0.196. The number of allylic oxidation sites excluding steroid dienone is 1. The highest BCUT2D eigenvalue weighted by atomic mass is 16.5. The van der Waals surface area contributed by atoms with Gasteiger partial charge in [-0.05, 0) is 12.8 Å². The van der Waals surface area contributed by atoms with E-state index in [4.69, 9.17) is 4.74 Å². The van der Waals surface area contributed by atoms with Gasteiger partial charge in [-0.2, -0.15) is 0 Å². The molecule has 0 spiro atoms. The number of hydrogen-bond acceptors (Lipinski definition) is 2. The third-order valence-electron chi connectivity index (χ3n) is 3.79. The highest BCUT2D eigenvalue weighted by Crippen LogP contribution is 2.40. The maximum atomic E-state index is 12.4. The summed E-state index contributed by atoms with van der Waals surface area (Å²) in [5.41, 5.74) is 1.06. The van der Waals surface area contributed by atoms with Crippen LogP contribution >= 0.6 is 0 Å². The fourth-order valence-corrected chi connectivity index (χ4v) is 2.94. The lowest BCUT2D eigenvalue weighted by atomic mass is 10.0. The quantitative estimate of drug-likeness (QED) is 0.763. The molecule has 0 bridgehead atoms. The first-order valence-corrected chi connectivity index (χ1v) is 6.41. The van der Waals surface area contributed by atoms with Crippen LogP contribution in [0, 0.1) is 5.92 Å². The van der Waals surface area contributed by atoms with Crippen molar-refractivity contribution in [1.82, 2.24) is 4.90 Å². The van der Waals surface area contributed by atoms with E-state index < -0.39 is 0 Å². The van der Waals surface area contributed by atoms with Crippen LogP contribution in [0.5, 0.6) is 0 Å². The van der Waals surface area contributed by atoms with Gasteiger partial charge in [-0.15, -0.1) is 6.58 Å². The maximum absolute atomic E-state index is 12.4. The average Bonchev–Trinajstić information content (AvgIpc) is 2.93. The summed E-state index contributed by atoms with van der Waals surface area (Å²) in [5.74, 6) is 0.314. The lowest BCUT2D eigenvalue weighted by Gasteiger charge is -2.23. The second-order valence-corrected chi connectivity index (χ2v) is 4.95. The first-order chi connectivity index (χ1) is 8.81. The standard InChI is InChI=1S/C15H17NO2/c1-2-6-12-9-13-10-18-15(16(13)14(12)17)11-7-4-3-5-8-11/h2-5,7-8,12-13,15H,1,6,9-10H2/t12-,13?,15?/m0/s1. The molecule has 2 saturated heterocycles. The molecule has 3 atom stereocenters. The van der Waals surface area contributed by atoms with Crippen molar-refractivity contribution in [1.29, 1.82) is 0 Å². The average molecular weight is 243 g/mol. The van der Waals surface area contributed by atoms with Crippen molar-refractivity contribution in [2.45, 2.75) is 25.1 Å². The van der Waals surface area contributed by atoms with Crippen LogP contribution in [0.3, 0.4) is 0 Å². The summed E-state index contributed by atoms with van der Waals surface area (Å²) in [4.78, 5) is 14.3. The molecule has 1 aromatic carbocycles. The Labute approximate surface area is 107 Å². The molecular formula is C15H17NO2. The molecule has 2 unspecified atom stereocenters. The van der Waals surface area contributed by atoms with Gasteiger partial charge >= 0.3 is 0 Å². The lowest BCUT2D eigenvalue weighted by Crippen LogP contribution is -2.32. The molecule has 1 amide bonds. The van der Waals surface area contributed by atoms with Gasteiger partial charge in [0.15, 0.2) is 6.23 Å². The van der Waals surface area contributed by atoms with Gasteiger partial charge in [0.05, 0.1) is 12.6 Å². The first kappa shape index (κ1) is 11.5. The van der Waals surface area contributed by atoms with Crippen LogP contribution in [-0.2, 0) is 9.53 Å². The second kappa shape index (κ2) is 4.58.